The molecule has 3 rings (SSSR count). The van der Waals surface area contributed by atoms with Gasteiger partial charge < -0.3 is 11.1 Å². The first-order chi connectivity index (χ1) is 12.1. The normalized spacial score (nSPS) is 10.1. The van der Waals surface area contributed by atoms with Gasteiger partial charge in [0.15, 0.2) is 11.6 Å². The van der Waals surface area contributed by atoms with Gasteiger partial charge in [0, 0.05) is 29.4 Å². The molecule has 0 spiro atoms. The van der Waals surface area contributed by atoms with E-state index in [1.54, 1.807) is 24.3 Å². The summed E-state index contributed by atoms with van der Waals surface area (Å²) >= 11 is 0. The van der Waals surface area contributed by atoms with E-state index in [1.807, 2.05) is 6.07 Å². The Morgan fingerprint density at radius 1 is 1.08 bits per heavy atom. The van der Waals surface area contributed by atoms with Crippen molar-refractivity contribution in [2.45, 2.75) is 6.54 Å². The summed E-state index contributed by atoms with van der Waals surface area (Å²) in [6.45, 7) is 0.341. The van der Waals surface area contributed by atoms with Gasteiger partial charge in [-0.2, -0.15) is 0 Å². The molecular formula is C19H16ClF2N3O. The summed E-state index contributed by atoms with van der Waals surface area (Å²) in [4.78, 5) is 16.3. The molecule has 1 heterocycles. The van der Waals surface area contributed by atoms with E-state index < -0.39 is 11.6 Å². The zero-order valence-corrected chi connectivity index (χ0v) is 14.4. The molecule has 0 saturated carbocycles. The Labute approximate surface area is 155 Å². The number of hydrogen-bond donors (Lipinski definition) is 2. The van der Waals surface area contributed by atoms with E-state index in [0.29, 0.717) is 23.5 Å². The number of halogens is 3. The molecule has 3 aromatic rings. The summed E-state index contributed by atoms with van der Waals surface area (Å²) in [6.07, 6.45) is 1.38. The Hall–Kier alpha value is -2.83. The minimum atomic E-state index is -0.931. The van der Waals surface area contributed by atoms with Crippen LogP contribution < -0.4 is 11.1 Å². The molecule has 134 valence electrons. The Morgan fingerprint density at radius 3 is 2.54 bits per heavy atom. The molecule has 1 amide bonds. The maximum Gasteiger partial charge on any atom is 0.256 e. The first kappa shape index (κ1) is 19.5. The van der Waals surface area contributed by atoms with Gasteiger partial charge >= 0.3 is 0 Å². The van der Waals surface area contributed by atoms with E-state index in [2.05, 4.69) is 10.3 Å². The molecule has 0 aliphatic carbocycles. The summed E-state index contributed by atoms with van der Waals surface area (Å²) < 4.78 is 27.1. The van der Waals surface area contributed by atoms with Crippen molar-refractivity contribution >= 4 is 24.1 Å². The third-order valence-electron chi connectivity index (χ3n) is 3.69. The van der Waals surface area contributed by atoms with Gasteiger partial charge in [0.05, 0.1) is 0 Å². The van der Waals surface area contributed by atoms with Crippen molar-refractivity contribution in [3.05, 3.63) is 83.6 Å². The fraction of sp³-hybridized carbons (Fsp3) is 0.0526. The second-order valence-corrected chi connectivity index (χ2v) is 5.39. The average molecular weight is 376 g/mol. The van der Waals surface area contributed by atoms with Crippen LogP contribution >= 0.6 is 12.4 Å². The van der Waals surface area contributed by atoms with Crippen LogP contribution in [0.5, 0.6) is 0 Å². The van der Waals surface area contributed by atoms with Gasteiger partial charge in [-0.25, -0.2) is 13.8 Å². The number of aromatic nitrogens is 1. The molecule has 1 aromatic heterocycles. The van der Waals surface area contributed by atoms with Crippen LogP contribution in [-0.2, 0) is 6.54 Å². The standard InChI is InChI=1S/C19H15F2N3O.ClH/c20-16-6-2-5-15(18(16)21)14-7-8-17(23-11-14)24-19(25)13-4-1-3-12(9-13)10-22;/h1-9,11H,10,22H2,(H,23,24,25);1H. The fourth-order valence-corrected chi connectivity index (χ4v) is 2.38. The molecule has 7 heteroatoms. The topological polar surface area (TPSA) is 68.0 Å². The van der Waals surface area contributed by atoms with Gasteiger partial charge in [0.2, 0.25) is 0 Å². The minimum absolute atomic E-state index is 0. The number of benzene rings is 2. The lowest BCUT2D eigenvalue weighted by Gasteiger charge is -2.08. The van der Waals surface area contributed by atoms with Crippen LogP contribution in [-0.4, -0.2) is 10.9 Å². The molecule has 26 heavy (non-hydrogen) atoms. The second-order valence-electron chi connectivity index (χ2n) is 5.39. The molecule has 3 N–H and O–H groups in total. The highest BCUT2D eigenvalue weighted by atomic mass is 35.5. The van der Waals surface area contributed by atoms with Gasteiger partial charge in [-0.05, 0) is 35.9 Å². The summed E-state index contributed by atoms with van der Waals surface area (Å²) in [6, 6.07) is 14.0. The van der Waals surface area contributed by atoms with Crippen molar-refractivity contribution in [2.75, 3.05) is 5.32 Å². The van der Waals surface area contributed by atoms with Crippen LogP contribution in [0.1, 0.15) is 15.9 Å². The average Bonchev–Trinajstić information content (AvgIpc) is 2.65. The van der Waals surface area contributed by atoms with Gasteiger partial charge in [-0.1, -0.05) is 24.3 Å². The molecular weight excluding hydrogens is 360 g/mol. The summed E-state index contributed by atoms with van der Waals surface area (Å²) in [7, 11) is 0. The van der Waals surface area contributed by atoms with E-state index in [0.717, 1.165) is 11.6 Å². The molecule has 0 fully saturated rings. The number of pyridine rings is 1. The zero-order valence-electron chi connectivity index (χ0n) is 13.6. The first-order valence-corrected chi connectivity index (χ1v) is 7.59. The second kappa shape index (κ2) is 8.51. The number of carbonyl (C=O) groups excluding carboxylic acids is 1. The highest BCUT2D eigenvalue weighted by molar-refractivity contribution is 6.03. The highest BCUT2D eigenvalue weighted by Gasteiger charge is 2.11. The van der Waals surface area contributed by atoms with Crippen molar-refractivity contribution in [1.82, 2.24) is 4.98 Å². The maximum absolute atomic E-state index is 13.8. The molecule has 0 aliphatic rings. The van der Waals surface area contributed by atoms with Gasteiger partial charge in [0.1, 0.15) is 5.82 Å². The fourth-order valence-electron chi connectivity index (χ4n) is 2.38. The number of hydrogen-bond acceptors (Lipinski definition) is 3. The Balaban J connectivity index is 0.00000243. The van der Waals surface area contributed by atoms with E-state index in [9.17, 15) is 13.6 Å². The van der Waals surface area contributed by atoms with Gasteiger partial charge in [-0.15, -0.1) is 12.4 Å². The Kier molecular flexibility index (Phi) is 6.38. The van der Waals surface area contributed by atoms with E-state index >= 15 is 0 Å². The Morgan fingerprint density at radius 2 is 1.85 bits per heavy atom. The van der Waals surface area contributed by atoms with Crippen molar-refractivity contribution in [1.29, 1.82) is 0 Å². The van der Waals surface area contributed by atoms with E-state index in [1.165, 1.54) is 24.4 Å². The lowest BCUT2D eigenvalue weighted by atomic mass is 10.1. The van der Waals surface area contributed by atoms with Crippen LogP contribution in [0, 0.1) is 11.6 Å². The summed E-state index contributed by atoms with van der Waals surface area (Å²) in [5.41, 5.74) is 7.40. The van der Waals surface area contributed by atoms with Gasteiger partial charge in [0.25, 0.3) is 5.91 Å². The third kappa shape index (κ3) is 4.22. The van der Waals surface area contributed by atoms with Crippen molar-refractivity contribution in [3.63, 3.8) is 0 Å². The molecule has 0 aliphatic heterocycles. The Bertz CT molecular complexity index is 917. The van der Waals surface area contributed by atoms with Crippen molar-refractivity contribution < 1.29 is 13.6 Å². The van der Waals surface area contributed by atoms with E-state index in [-0.39, 0.29) is 23.9 Å². The van der Waals surface area contributed by atoms with Crippen molar-refractivity contribution in [3.8, 4) is 11.1 Å². The first-order valence-electron chi connectivity index (χ1n) is 7.59. The number of rotatable bonds is 4. The van der Waals surface area contributed by atoms with Crippen molar-refractivity contribution in [2.24, 2.45) is 5.73 Å². The molecule has 0 radical (unpaired) electrons. The molecule has 0 bridgehead atoms. The van der Waals surface area contributed by atoms with E-state index in [4.69, 9.17) is 5.73 Å². The minimum Gasteiger partial charge on any atom is -0.326 e. The third-order valence-corrected chi connectivity index (χ3v) is 3.69. The predicted molar refractivity (Wildman–Crippen MR) is 99.1 cm³/mol. The summed E-state index contributed by atoms with van der Waals surface area (Å²) in [5.74, 6) is -1.87. The number of carbonyl (C=O) groups is 1. The van der Waals surface area contributed by atoms with Crippen LogP contribution in [0.4, 0.5) is 14.6 Å². The maximum atomic E-state index is 13.8. The highest BCUT2D eigenvalue weighted by Crippen LogP contribution is 2.24. The number of anilines is 1. The molecule has 0 unspecified atom stereocenters. The summed E-state index contributed by atoms with van der Waals surface area (Å²) in [5, 5.41) is 2.66. The van der Waals surface area contributed by atoms with Crippen LogP contribution in [0.15, 0.2) is 60.8 Å². The number of amides is 1. The number of nitrogens with zero attached hydrogens (tertiary/aromatic N) is 1. The lowest BCUT2D eigenvalue weighted by Crippen LogP contribution is -2.13. The zero-order chi connectivity index (χ0) is 17.8. The monoisotopic (exact) mass is 375 g/mol. The SMILES string of the molecule is Cl.NCc1cccc(C(=O)Nc2ccc(-c3cccc(F)c3F)cn2)c1. The van der Waals surface area contributed by atoms with Crippen LogP contribution in [0.2, 0.25) is 0 Å². The quantitative estimate of drug-likeness (QED) is 0.719. The molecule has 0 saturated heterocycles. The smallest absolute Gasteiger partial charge is 0.256 e. The molecule has 4 nitrogen and oxygen atoms in total. The molecule has 2 aromatic carbocycles. The lowest BCUT2D eigenvalue weighted by molar-refractivity contribution is 0.102. The van der Waals surface area contributed by atoms with Crippen LogP contribution in [0.3, 0.4) is 0 Å². The molecule has 0 atom stereocenters. The largest absolute Gasteiger partial charge is 0.326 e. The number of nitrogens with two attached hydrogens (primary N) is 1. The van der Waals surface area contributed by atoms with Gasteiger partial charge in [-0.3, -0.25) is 4.79 Å². The predicted octanol–water partition coefficient (Wildman–Crippen LogP) is 4.16. The number of nitrogens with one attached hydrogen (secondary N) is 1. The van der Waals surface area contributed by atoms with Crippen LogP contribution in [0.25, 0.3) is 11.1 Å².